The van der Waals surface area contributed by atoms with Crippen LogP contribution in [-0.2, 0) is 37.0 Å². The summed E-state index contributed by atoms with van der Waals surface area (Å²) in [6.07, 6.45) is -1.30. The van der Waals surface area contributed by atoms with Crippen LogP contribution in [-0.4, -0.2) is 39.9 Å². The Balaban J connectivity index is 1.34. The summed E-state index contributed by atoms with van der Waals surface area (Å²) < 4.78 is 13.3. The number of nitrogens with one attached hydrogen (secondary N) is 2. The molecule has 250 valence electrons. The van der Waals surface area contributed by atoms with Crippen LogP contribution in [0.2, 0.25) is 0 Å². The van der Waals surface area contributed by atoms with Gasteiger partial charge in [-0.2, -0.15) is 0 Å². The summed E-state index contributed by atoms with van der Waals surface area (Å²) in [7, 11) is 0. The van der Waals surface area contributed by atoms with Crippen molar-refractivity contribution in [3.8, 4) is 11.1 Å². The molecule has 0 radical (unpaired) electrons. The fraction of sp³-hybridized carbons (Fsp3) is 0.289. The molecule has 1 heterocycles. The SMILES string of the molecule is CC(=O)Nc1ccc(SC[C@@H]2O[C@H](c3cccc(-c4cccc(CNC(=O)CCC(=O)O)c4)c3)O[C@H](c3ccc(CO)cc3)[C@@H]2C)cc1. The van der Waals surface area contributed by atoms with E-state index in [0.717, 1.165) is 44.0 Å². The molecule has 5 rings (SSSR count). The molecule has 0 aromatic heterocycles. The lowest BCUT2D eigenvalue weighted by Crippen LogP contribution is -2.38. The quantitative estimate of drug-likeness (QED) is 0.114. The third-order valence-corrected chi connectivity index (χ3v) is 9.29. The van der Waals surface area contributed by atoms with Crippen molar-refractivity contribution in [2.24, 2.45) is 5.92 Å². The van der Waals surface area contributed by atoms with Crippen molar-refractivity contribution in [1.82, 2.24) is 5.32 Å². The summed E-state index contributed by atoms with van der Waals surface area (Å²) in [4.78, 5) is 35.3. The van der Waals surface area contributed by atoms with Crippen molar-refractivity contribution in [2.45, 2.75) is 63.2 Å². The summed E-state index contributed by atoms with van der Waals surface area (Å²) in [6.45, 7) is 3.89. The summed E-state index contributed by atoms with van der Waals surface area (Å²) in [6, 6.07) is 31.5. The molecule has 2 amide bonds. The van der Waals surface area contributed by atoms with Gasteiger partial charge in [0.05, 0.1) is 25.2 Å². The molecule has 10 heteroatoms. The second-order valence-corrected chi connectivity index (χ2v) is 12.9. The van der Waals surface area contributed by atoms with E-state index >= 15 is 0 Å². The highest BCUT2D eigenvalue weighted by Gasteiger charge is 2.38. The highest BCUT2D eigenvalue weighted by atomic mass is 32.2. The average Bonchev–Trinajstić information content (AvgIpc) is 3.10. The molecule has 1 aliphatic rings. The van der Waals surface area contributed by atoms with E-state index in [1.807, 2.05) is 91.0 Å². The number of benzene rings is 4. The first-order valence-electron chi connectivity index (χ1n) is 15.9. The number of carboxylic acid groups (broad SMARTS) is 1. The monoisotopic (exact) mass is 668 g/mol. The molecule has 9 nitrogen and oxygen atoms in total. The molecule has 0 spiro atoms. The molecule has 48 heavy (non-hydrogen) atoms. The number of ether oxygens (including phenoxy) is 2. The number of amides is 2. The van der Waals surface area contributed by atoms with E-state index in [1.165, 1.54) is 6.92 Å². The maximum atomic E-state index is 12.1. The number of aliphatic hydroxyl groups excluding tert-OH is 1. The van der Waals surface area contributed by atoms with Crippen LogP contribution in [0.25, 0.3) is 11.1 Å². The van der Waals surface area contributed by atoms with Crippen LogP contribution in [0, 0.1) is 5.92 Å². The third kappa shape index (κ3) is 9.54. The smallest absolute Gasteiger partial charge is 0.303 e. The Hall–Kier alpha value is -4.48. The Bertz CT molecular complexity index is 1710. The van der Waals surface area contributed by atoms with Crippen LogP contribution >= 0.6 is 11.8 Å². The van der Waals surface area contributed by atoms with Crippen LogP contribution in [0.15, 0.2) is 102 Å². The van der Waals surface area contributed by atoms with Crippen molar-refractivity contribution in [1.29, 1.82) is 0 Å². The number of aliphatic hydroxyl groups is 1. The number of carbonyl (C=O) groups is 3. The minimum absolute atomic E-state index is 0.0259. The number of carboxylic acids is 1. The second kappa shape index (κ2) is 16.6. The van der Waals surface area contributed by atoms with E-state index in [0.29, 0.717) is 12.3 Å². The summed E-state index contributed by atoms with van der Waals surface area (Å²) in [5.74, 6) is -0.706. The van der Waals surface area contributed by atoms with Crippen molar-refractivity contribution >= 4 is 35.2 Å². The van der Waals surface area contributed by atoms with E-state index in [9.17, 15) is 19.5 Å². The molecule has 0 aliphatic carbocycles. The number of thioether (sulfide) groups is 1. The fourth-order valence-electron chi connectivity index (χ4n) is 5.56. The van der Waals surface area contributed by atoms with Gasteiger partial charge in [-0.3, -0.25) is 14.4 Å². The lowest BCUT2D eigenvalue weighted by atomic mass is 9.91. The lowest BCUT2D eigenvalue weighted by Gasteiger charge is -2.41. The number of rotatable bonds is 13. The molecule has 0 unspecified atom stereocenters. The number of aliphatic carboxylic acids is 1. The molecular formula is C38H40N2O7S. The van der Waals surface area contributed by atoms with Gasteiger partial charge in [-0.25, -0.2) is 0 Å². The summed E-state index contributed by atoms with van der Waals surface area (Å²) in [5.41, 5.74) is 6.29. The summed E-state index contributed by atoms with van der Waals surface area (Å²) in [5, 5.41) is 24.0. The Labute approximate surface area is 284 Å². The zero-order valence-corrected chi connectivity index (χ0v) is 27.7. The minimum Gasteiger partial charge on any atom is -0.481 e. The molecule has 4 atom stereocenters. The standard InChI is InChI=1S/C38H40N2O7S/c1-24-34(23-48-33-15-13-32(14-16-33)40-25(2)42)46-38(47-37(24)28-11-9-26(22-41)10-12-28)31-8-4-7-30(20-31)29-6-3-5-27(19-29)21-39-35(43)17-18-36(44)45/h3-16,19-20,24,34,37-38,41H,17-18,21-23H2,1-2H3,(H,39,43)(H,40,42)(H,44,45)/t24-,34+,37+,38+/m1/s1. The highest BCUT2D eigenvalue weighted by molar-refractivity contribution is 7.99. The first kappa shape index (κ1) is 34.8. The van der Waals surface area contributed by atoms with Crippen LogP contribution in [0.4, 0.5) is 5.69 Å². The van der Waals surface area contributed by atoms with Crippen LogP contribution in [0.5, 0.6) is 0 Å². The average molecular weight is 669 g/mol. The van der Waals surface area contributed by atoms with Crippen molar-refractivity contribution in [2.75, 3.05) is 11.1 Å². The predicted molar refractivity (Wildman–Crippen MR) is 185 cm³/mol. The number of hydrogen-bond acceptors (Lipinski definition) is 7. The maximum absolute atomic E-state index is 12.1. The predicted octanol–water partition coefficient (Wildman–Crippen LogP) is 6.87. The van der Waals surface area contributed by atoms with E-state index in [-0.39, 0.29) is 49.4 Å². The highest BCUT2D eigenvalue weighted by Crippen LogP contribution is 2.43. The molecule has 1 fully saturated rings. The van der Waals surface area contributed by atoms with Gasteiger partial charge in [0.15, 0.2) is 6.29 Å². The number of anilines is 1. The van der Waals surface area contributed by atoms with Gasteiger partial charge in [0, 0.05) is 47.7 Å². The normalized spacial score (nSPS) is 19.0. The topological polar surface area (TPSA) is 134 Å². The van der Waals surface area contributed by atoms with E-state index in [1.54, 1.807) is 11.8 Å². The Morgan fingerprint density at radius 1 is 0.812 bits per heavy atom. The first-order valence-corrected chi connectivity index (χ1v) is 16.9. The second-order valence-electron chi connectivity index (χ2n) is 11.8. The van der Waals surface area contributed by atoms with Gasteiger partial charge in [-0.05, 0) is 64.2 Å². The van der Waals surface area contributed by atoms with E-state index < -0.39 is 12.3 Å². The lowest BCUT2D eigenvalue weighted by molar-refractivity contribution is -0.268. The zero-order valence-electron chi connectivity index (χ0n) is 26.9. The third-order valence-electron chi connectivity index (χ3n) is 8.19. The van der Waals surface area contributed by atoms with Crippen molar-refractivity contribution < 1.29 is 34.1 Å². The first-order chi connectivity index (χ1) is 23.2. The van der Waals surface area contributed by atoms with Crippen LogP contribution in [0.1, 0.15) is 61.3 Å². The fourth-order valence-corrected chi connectivity index (χ4v) is 6.63. The molecule has 1 aliphatic heterocycles. The molecule has 4 N–H and O–H groups in total. The van der Waals surface area contributed by atoms with E-state index in [2.05, 4.69) is 23.6 Å². The Morgan fingerprint density at radius 3 is 2.21 bits per heavy atom. The largest absolute Gasteiger partial charge is 0.481 e. The van der Waals surface area contributed by atoms with Gasteiger partial charge in [0.25, 0.3) is 0 Å². The Morgan fingerprint density at radius 2 is 1.52 bits per heavy atom. The van der Waals surface area contributed by atoms with Crippen molar-refractivity contribution in [3.63, 3.8) is 0 Å². The summed E-state index contributed by atoms with van der Waals surface area (Å²) >= 11 is 1.69. The van der Waals surface area contributed by atoms with Crippen LogP contribution < -0.4 is 10.6 Å². The molecule has 0 saturated carbocycles. The van der Waals surface area contributed by atoms with Gasteiger partial charge in [0.2, 0.25) is 11.8 Å². The van der Waals surface area contributed by atoms with Crippen molar-refractivity contribution in [3.05, 3.63) is 119 Å². The van der Waals surface area contributed by atoms with Gasteiger partial charge in [-0.15, -0.1) is 11.8 Å². The minimum atomic E-state index is -1.00. The van der Waals surface area contributed by atoms with Gasteiger partial charge in [-0.1, -0.05) is 67.6 Å². The zero-order chi connectivity index (χ0) is 34.0. The molecular weight excluding hydrogens is 628 g/mol. The van der Waals surface area contributed by atoms with Gasteiger partial charge < -0.3 is 30.3 Å². The van der Waals surface area contributed by atoms with E-state index in [4.69, 9.17) is 14.6 Å². The molecule has 4 aromatic carbocycles. The maximum Gasteiger partial charge on any atom is 0.303 e. The van der Waals surface area contributed by atoms with Gasteiger partial charge in [0.1, 0.15) is 0 Å². The number of hydrogen-bond donors (Lipinski definition) is 4. The van der Waals surface area contributed by atoms with Gasteiger partial charge >= 0.3 is 5.97 Å². The molecule has 0 bridgehead atoms. The van der Waals surface area contributed by atoms with Crippen LogP contribution in [0.3, 0.4) is 0 Å². The molecule has 1 saturated heterocycles. The Kier molecular flexibility index (Phi) is 12.0. The molecule has 4 aromatic rings. The number of carbonyl (C=O) groups excluding carboxylic acids is 2.